The van der Waals surface area contributed by atoms with E-state index in [1.807, 2.05) is 56.1 Å². The monoisotopic (exact) mass is 680 g/mol. The van der Waals surface area contributed by atoms with Crippen molar-refractivity contribution in [3.63, 3.8) is 0 Å². The second-order valence-electron chi connectivity index (χ2n) is 11.6. The number of carbonyl (C=O) groups is 2. The van der Waals surface area contributed by atoms with Crippen molar-refractivity contribution in [3.05, 3.63) is 73.7 Å². The van der Waals surface area contributed by atoms with Crippen molar-refractivity contribution in [2.75, 3.05) is 42.1 Å². The zero-order valence-electron chi connectivity index (χ0n) is 26.4. The number of benzene rings is 3. The molecule has 1 amide bonds. The number of halogens is 1. The molecule has 3 heterocycles. The summed E-state index contributed by atoms with van der Waals surface area (Å²) < 4.78 is 30.3. The number of fused-ring (bicyclic) bond motifs is 7. The summed E-state index contributed by atoms with van der Waals surface area (Å²) >= 11 is 3.71. The maximum absolute atomic E-state index is 14.9. The second-order valence-corrected chi connectivity index (χ2v) is 12.4. The fourth-order valence-corrected chi connectivity index (χ4v) is 8.06. The average Bonchev–Trinajstić information content (AvgIpc) is 3.03. The quantitative estimate of drug-likeness (QED) is 0.349. The number of hydrogen-bond acceptors (Lipinski definition) is 9. The van der Waals surface area contributed by atoms with Gasteiger partial charge in [-0.1, -0.05) is 46.3 Å². The number of Topliss-reactive ketones (excluding diaryl/α,β-unsaturated/α-hetero) is 1. The van der Waals surface area contributed by atoms with Crippen LogP contribution < -0.4 is 18.9 Å². The van der Waals surface area contributed by atoms with Crippen LogP contribution in [0.5, 0.6) is 28.7 Å². The topological polar surface area (TPSA) is 107 Å². The minimum Gasteiger partial charge on any atom is -0.504 e. The number of ether oxygens (including phenoxy) is 5. The predicted molar refractivity (Wildman–Crippen MR) is 170 cm³/mol. The van der Waals surface area contributed by atoms with Gasteiger partial charge in [-0.3, -0.25) is 14.5 Å². The molecule has 3 aromatic carbocycles. The van der Waals surface area contributed by atoms with Gasteiger partial charge >= 0.3 is 0 Å². The lowest BCUT2D eigenvalue weighted by molar-refractivity contribution is -0.156. The van der Waals surface area contributed by atoms with Gasteiger partial charge in [-0.15, -0.1) is 0 Å². The summed E-state index contributed by atoms with van der Waals surface area (Å²) in [6.45, 7) is 4.03. The number of aromatic hydroxyl groups is 1. The van der Waals surface area contributed by atoms with Crippen LogP contribution in [-0.4, -0.2) is 80.8 Å². The molecule has 3 aliphatic heterocycles. The molecule has 11 heteroatoms. The fraction of sp³-hybridized carbons (Fsp3) is 0.412. The number of ketones is 1. The van der Waals surface area contributed by atoms with E-state index in [0.717, 1.165) is 21.2 Å². The van der Waals surface area contributed by atoms with E-state index in [1.165, 1.54) is 28.4 Å². The van der Waals surface area contributed by atoms with Crippen LogP contribution in [0, 0.1) is 13.8 Å². The summed E-state index contributed by atoms with van der Waals surface area (Å²) in [4.78, 5) is 33.1. The first-order chi connectivity index (χ1) is 21.6. The molecule has 1 N–H and O–H groups in total. The van der Waals surface area contributed by atoms with Crippen molar-refractivity contribution in [2.45, 2.75) is 51.0 Å². The molecule has 6 rings (SSSR count). The van der Waals surface area contributed by atoms with Gasteiger partial charge < -0.3 is 33.7 Å². The largest absolute Gasteiger partial charge is 0.504 e. The second kappa shape index (κ2) is 11.9. The van der Waals surface area contributed by atoms with E-state index in [2.05, 4.69) is 15.9 Å². The molecule has 0 spiro atoms. The van der Waals surface area contributed by atoms with Crippen LogP contribution in [0.3, 0.4) is 0 Å². The van der Waals surface area contributed by atoms with E-state index in [4.69, 9.17) is 23.7 Å². The Morgan fingerprint density at radius 1 is 0.867 bits per heavy atom. The Morgan fingerprint density at radius 3 is 2.13 bits per heavy atom. The Balaban J connectivity index is 1.60. The number of amides is 1. The zero-order valence-corrected chi connectivity index (χ0v) is 28.0. The molecule has 1 saturated heterocycles. The summed E-state index contributed by atoms with van der Waals surface area (Å²) in [6.07, 6.45) is 0.333. The number of nitrogens with zero attached hydrogens (tertiary/aromatic N) is 2. The van der Waals surface area contributed by atoms with Gasteiger partial charge in [0, 0.05) is 26.7 Å². The lowest BCUT2D eigenvalue weighted by atomic mass is 9.73. The molecule has 0 aliphatic carbocycles. The number of likely N-dealkylation sites (N-methyl/N-ethyl adjacent to an activating group) is 1. The van der Waals surface area contributed by atoms with Crippen LogP contribution in [-0.2, 0) is 22.6 Å². The van der Waals surface area contributed by atoms with E-state index >= 15 is 0 Å². The maximum atomic E-state index is 14.9. The maximum Gasteiger partial charge on any atom is 0.241 e. The molecule has 2 unspecified atom stereocenters. The summed E-state index contributed by atoms with van der Waals surface area (Å²) in [6, 6.07) is 6.74. The lowest BCUT2D eigenvalue weighted by Gasteiger charge is -2.56. The highest BCUT2D eigenvalue weighted by Gasteiger charge is 2.59. The molecule has 0 radical (unpaired) electrons. The molecule has 1 fully saturated rings. The molecule has 3 aromatic rings. The Kier molecular flexibility index (Phi) is 8.21. The molecule has 3 aliphatic rings. The van der Waals surface area contributed by atoms with Crippen LogP contribution in [0.15, 0.2) is 34.8 Å². The van der Waals surface area contributed by atoms with Gasteiger partial charge in [-0.05, 0) is 38.4 Å². The smallest absolute Gasteiger partial charge is 0.241 e. The van der Waals surface area contributed by atoms with Gasteiger partial charge in [0.25, 0.3) is 0 Å². The van der Waals surface area contributed by atoms with E-state index in [0.29, 0.717) is 58.3 Å². The average molecular weight is 682 g/mol. The Morgan fingerprint density at radius 2 is 1.51 bits per heavy atom. The highest BCUT2D eigenvalue weighted by molar-refractivity contribution is 9.10. The molecule has 4 atom stereocenters. The molecule has 2 bridgehead atoms. The number of piperazine rings is 1. The first kappa shape index (κ1) is 31.2. The number of phenolic OH excluding ortho intramolecular Hbond substituents is 1. The van der Waals surface area contributed by atoms with Gasteiger partial charge in [0.1, 0.15) is 11.8 Å². The Hall–Kier alpha value is -3.80. The van der Waals surface area contributed by atoms with Crippen molar-refractivity contribution >= 4 is 27.6 Å². The van der Waals surface area contributed by atoms with Crippen LogP contribution >= 0.6 is 15.9 Å². The highest BCUT2D eigenvalue weighted by atomic mass is 79.9. The van der Waals surface area contributed by atoms with Gasteiger partial charge in [0.2, 0.25) is 5.91 Å². The first-order valence-corrected chi connectivity index (χ1v) is 15.5. The van der Waals surface area contributed by atoms with Gasteiger partial charge in [0.15, 0.2) is 28.8 Å². The van der Waals surface area contributed by atoms with Crippen LogP contribution in [0.2, 0.25) is 0 Å². The third-order valence-corrected chi connectivity index (χ3v) is 10.6. The molecule has 0 saturated carbocycles. The van der Waals surface area contributed by atoms with E-state index in [-0.39, 0.29) is 24.0 Å². The number of phenols is 1. The van der Waals surface area contributed by atoms with Crippen molar-refractivity contribution in [1.82, 2.24) is 9.80 Å². The summed E-state index contributed by atoms with van der Waals surface area (Å²) in [5.41, 5.74) is 4.44. The first-order valence-electron chi connectivity index (χ1n) is 14.7. The molecule has 10 nitrogen and oxygen atoms in total. The van der Waals surface area contributed by atoms with E-state index in [9.17, 15) is 14.7 Å². The third-order valence-electron chi connectivity index (χ3n) is 9.51. The summed E-state index contributed by atoms with van der Waals surface area (Å²) in [7, 11) is 7.89. The molecule has 0 aromatic heterocycles. The summed E-state index contributed by atoms with van der Waals surface area (Å²) in [5, 5.41) is 11.7. The van der Waals surface area contributed by atoms with Crippen LogP contribution in [0.1, 0.15) is 55.8 Å². The number of methoxy groups -OCH3 is 4. The van der Waals surface area contributed by atoms with E-state index < -0.39 is 24.2 Å². The normalized spacial score (nSPS) is 22.0. The van der Waals surface area contributed by atoms with Crippen molar-refractivity contribution in [2.24, 2.45) is 0 Å². The van der Waals surface area contributed by atoms with Crippen molar-refractivity contribution in [1.29, 1.82) is 0 Å². The number of hydrogen-bond donors (Lipinski definition) is 1. The minimum absolute atomic E-state index is 0.0382. The Labute approximate surface area is 270 Å². The third kappa shape index (κ3) is 4.50. The zero-order chi connectivity index (χ0) is 32.3. The van der Waals surface area contributed by atoms with E-state index in [1.54, 1.807) is 4.90 Å². The van der Waals surface area contributed by atoms with Crippen molar-refractivity contribution in [3.8, 4) is 28.7 Å². The molecule has 238 valence electrons. The molecular weight excluding hydrogens is 644 g/mol. The highest BCUT2D eigenvalue weighted by Crippen LogP contribution is 2.57. The SMILES string of the molecule is COc1c(C)c(Br)c2c(c1O)C1C3C(=O)c4c(OC)c(C)c(OC)c(OC)c4[C@H](COCc4ccccc4)N3C(=O)[C@H](C2)N1C. The van der Waals surface area contributed by atoms with Gasteiger partial charge in [0.05, 0.1) is 65.3 Å². The fourth-order valence-electron chi connectivity index (χ4n) is 7.51. The molecular formula is C34H37BrN2O8. The minimum atomic E-state index is -1.01. The number of carbonyl (C=O) groups excluding carboxylic acids is 2. The standard InChI is InChI=1S/C34H37BrN2O8/c1-16-25(35)19-13-20-34(40)37-21(15-45-14-18-11-9-8-10-12-18)23-24(30(41-4)17(2)32(43-6)33(23)44-7)28(38)27(37)26(36(20)3)22(19)29(39)31(16)42-5/h8-12,20-21,26-27,39H,13-15H2,1-7H3/t20-,21-,26?,27?/m0/s1. The van der Waals surface area contributed by atoms with Crippen LogP contribution in [0.4, 0.5) is 0 Å². The Bertz CT molecular complexity index is 1690. The summed E-state index contributed by atoms with van der Waals surface area (Å²) in [5.74, 6) is 0.868. The van der Waals surface area contributed by atoms with Crippen molar-refractivity contribution < 1.29 is 38.4 Å². The van der Waals surface area contributed by atoms with Gasteiger partial charge in [-0.25, -0.2) is 0 Å². The van der Waals surface area contributed by atoms with Crippen LogP contribution in [0.25, 0.3) is 0 Å². The lowest BCUT2D eigenvalue weighted by Crippen LogP contribution is -2.68. The predicted octanol–water partition coefficient (Wildman–Crippen LogP) is 5.07. The van der Waals surface area contributed by atoms with Gasteiger partial charge in [-0.2, -0.15) is 0 Å². The molecule has 45 heavy (non-hydrogen) atoms. The number of rotatable bonds is 8.